The van der Waals surface area contributed by atoms with Crippen LogP contribution in [0.4, 0.5) is 0 Å². The Labute approximate surface area is 205 Å². The molecule has 1 aliphatic carbocycles. The number of pyridine rings is 1. The van der Waals surface area contributed by atoms with Crippen LogP contribution < -0.4 is 5.69 Å². The molecule has 3 heterocycles. The molecular weight excluding hydrogens is 438 g/mol. The summed E-state index contributed by atoms with van der Waals surface area (Å²) in [7, 11) is 0. The van der Waals surface area contributed by atoms with Gasteiger partial charge in [-0.1, -0.05) is 63.4 Å². The first-order valence-electron chi connectivity index (χ1n) is 12.7. The van der Waals surface area contributed by atoms with Gasteiger partial charge in [-0.2, -0.15) is 5.21 Å². The van der Waals surface area contributed by atoms with Gasteiger partial charge in [-0.3, -0.25) is 14.1 Å². The number of nitrogens with zero attached hydrogens (tertiary/aromatic N) is 6. The van der Waals surface area contributed by atoms with Crippen molar-refractivity contribution in [2.45, 2.75) is 65.5 Å². The predicted molar refractivity (Wildman–Crippen MR) is 136 cm³/mol. The molecule has 1 saturated carbocycles. The molecule has 0 saturated heterocycles. The summed E-state index contributed by atoms with van der Waals surface area (Å²) in [5, 5.41) is 14.4. The summed E-state index contributed by atoms with van der Waals surface area (Å²) >= 11 is 0. The van der Waals surface area contributed by atoms with Gasteiger partial charge < -0.3 is 0 Å². The van der Waals surface area contributed by atoms with E-state index in [4.69, 9.17) is 4.98 Å². The minimum atomic E-state index is 0.0952. The average molecular weight is 472 g/mol. The van der Waals surface area contributed by atoms with E-state index in [-0.39, 0.29) is 5.69 Å². The zero-order valence-electron chi connectivity index (χ0n) is 20.7. The maximum atomic E-state index is 13.6. The van der Waals surface area contributed by atoms with Gasteiger partial charge in [0, 0.05) is 35.3 Å². The molecule has 3 aromatic heterocycles. The minimum Gasteiger partial charge on any atom is -0.295 e. The van der Waals surface area contributed by atoms with Gasteiger partial charge in [-0.15, -0.1) is 10.2 Å². The number of tetrazole rings is 1. The van der Waals surface area contributed by atoms with E-state index in [1.807, 2.05) is 58.7 Å². The Morgan fingerprint density at radius 3 is 2.40 bits per heavy atom. The summed E-state index contributed by atoms with van der Waals surface area (Å²) in [6.07, 6.45) is 9.87. The summed E-state index contributed by atoms with van der Waals surface area (Å²) in [5.74, 6) is 1.68. The third-order valence-electron chi connectivity index (χ3n) is 7.64. The first-order valence-corrected chi connectivity index (χ1v) is 12.7. The van der Waals surface area contributed by atoms with Crippen molar-refractivity contribution in [2.75, 3.05) is 0 Å². The molecule has 5 rings (SSSR count). The standard InChI is InChI=1S/C27H33N7O/c1-4-20-9-8-10-21(5-2)25(20)34-16-18(3)33(27(34)35)17-19-13-14-24(28-15-19)22-11-6-7-12-23(22)26-29-31-32-30-26/h6-7,11-16,20-21,25H,4-5,8-10,17H2,1-3H3,(H,29,30,31,32). The highest BCUT2D eigenvalue weighted by molar-refractivity contribution is 5.78. The number of H-pyrrole nitrogens is 1. The molecule has 1 aromatic carbocycles. The second kappa shape index (κ2) is 9.98. The zero-order valence-corrected chi connectivity index (χ0v) is 20.7. The molecule has 1 fully saturated rings. The number of hydrogen-bond acceptors (Lipinski definition) is 5. The van der Waals surface area contributed by atoms with E-state index in [0.29, 0.717) is 30.2 Å². The van der Waals surface area contributed by atoms with Crippen LogP contribution in [0.2, 0.25) is 0 Å². The monoisotopic (exact) mass is 471 g/mol. The lowest BCUT2D eigenvalue weighted by Gasteiger charge is -2.38. The highest BCUT2D eigenvalue weighted by Crippen LogP contribution is 2.41. The predicted octanol–water partition coefficient (Wildman–Crippen LogP) is 5.03. The molecule has 0 bridgehead atoms. The van der Waals surface area contributed by atoms with E-state index in [2.05, 4.69) is 40.7 Å². The fraction of sp³-hybridized carbons (Fsp3) is 0.444. The number of aryl methyl sites for hydroxylation is 1. The Bertz CT molecular complexity index is 1310. The number of hydrogen-bond donors (Lipinski definition) is 1. The van der Waals surface area contributed by atoms with Crippen LogP contribution in [0.3, 0.4) is 0 Å². The lowest BCUT2D eigenvalue weighted by Crippen LogP contribution is -2.37. The van der Waals surface area contributed by atoms with Crippen LogP contribution in [0.5, 0.6) is 0 Å². The van der Waals surface area contributed by atoms with Gasteiger partial charge in [0.1, 0.15) is 0 Å². The Morgan fingerprint density at radius 2 is 1.77 bits per heavy atom. The van der Waals surface area contributed by atoms with Crippen LogP contribution >= 0.6 is 0 Å². The Morgan fingerprint density at radius 1 is 1.03 bits per heavy atom. The molecule has 0 radical (unpaired) electrons. The maximum absolute atomic E-state index is 13.6. The normalized spacial score (nSPS) is 20.3. The van der Waals surface area contributed by atoms with E-state index in [1.165, 1.54) is 19.3 Å². The number of nitrogens with one attached hydrogen (secondary N) is 1. The van der Waals surface area contributed by atoms with E-state index in [1.54, 1.807) is 0 Å². The summed E-state index contributed by atoms with van der Waals surface area (Å²) < 4.78 is 3.93. The Hall–Kier alpha value is -3.55. The van der Waals surface area contributed by atoms with E-state index >= 15 is 0 Å². The van der Waals surface area contributed by atoms with Gasteiger partial charge in [0.15, 0.2) is 0 Å². The molecular formula is C27H33N7O. The number of benzene rings is 1. The Balaban J connectivity index is 1.42. The summed E-state index contributed by atoms with van der Waals surface area (Å²) in [4.78, 5) is 18.3. The Kier molecular flexibility index (Phi) is 6.61. The number of aromatic nitrogens is 7. The van der Waals surface area contributed by atoms with Crippen molar-refractivity contribution in [1.82, 2.24) is 34.7 Å². The van der Waals surface area contributed by atoms with Crippen LogP contribution in [0, 0.1) is 18.8 Å². The molecule has 182 valence electrons. The fourth-order valence-electron chi connectivity index (χ4n) is 5.77. The molecule has 0 aliphatic heterocycles. The zero-order chi connectivity index (χ0) is 24.4. The first kappa shape index (κ1) is 23.2. The van der Waals surface area contributed by atoms with Gasteiger partial charge in [-0.25, -0.2) is 4.79 Å². The van der Waals surface area contributed by atoms with Crippen LogP contribution in [-0.4, -0.2) is 34.7 Å². The van der Waals surface area contributed by atoms with Gasteiger partial charge in [0.25, 0.3) is 0 Å². The molecule has 0 spiro atoms. The van der Waals surface area contributed by atoms with Gasteiger partial charge in [0.2, 0.25) is 5.82 Å². The van der Waals surface area contributed by atoms with E-state index in [9.17, 15) is 4.79 Å². The van der Waals surface area contributed by atoms with Crippen molar-refractivity contribution in [1.29, 1.82) is 0 Å². The van der Waals surface area contributed by atoms with Gasteiger partial charge in [0.05, 0.1) is 12.2 Å². The first-order chi connectivity index (χ1) is 17.1. The second-order valence-electron chi connectivity index (χ2n) is 9.64. The van der Waals surface area contributed by atoms with E-state index in [0.717, 1.165) is 40.9 Å². The number of rotatable bonds is 7. The molecule has 1 aliphatic rings. The average Bonchev–Trinajstić information content (AvgIpc) is 3.53. The lowest BCUT2D eigenvalue weighted by molar-refractivity contribution is 0.145. The van der Waals surface area contributed by atoms with Gasteiger partial charge >= 0.3 is 5.69 Å². The molecule has 35 heavy (non-hydrogen) atoms. The fourth-order valence-corrected chi connectivity index (χ4v) is 5.77. The second-order valence-corrected chi connectivity index (χ2v) is 9.64. The van der Waals surface area contributed by atoms with Crippen LogP contribution in [0.1, 0.15) is 63.3 Å². The molecule has 0 amide bonds. The quantitative estimate of drug-likeness (QED) is 0.408. The molecule has 2 unspecified atom stereocenters. The highest BCUT2D eigenvalue weighted by Gasteiger charge is 2.34. The third kappa shape index (κ3) is 4.45. The van der Waals surface area contributed by atoms with Crippen LogP contribution in [0.15, 0.2) is 53.6 Å². The summed E-state index contributed by atoms with van der Waals surface area (Å²) in [6.45, 7) is 7.06. The van der Waals surface area contributed by atoms with E-state index < -0.39 is 0 Å². The van der Waals surface area contributed by atoms with Crippen LogP contribution in [-0.2, 0) is 6.54 Å². The molecule has 8 heteroatoms. The maximum Gasteiger partial charge on any atom is 0.328 e. The highest BCUT2D eigenvalue weighted by atomic mass is 16.1. The summed E-state index contributed by atoms with van der Waals surface area (Å²) in [5.41, 5.74) is 4.73. The number of aromatic amines is 1. The summed E-state index contributed by atoms with van der Waals surface area (Å²) in [6, 6.07) is 12.2. The van der Waals surface area contributed by atoms with Crippen molar-refractivity contribution >= 4 is 0 Å². The SMILES string of the molecule is CCC1CCCC(CC)C1n1cc(C)n(Cc2ccc(-c3ccccc3-c3nn[nH]n3)nc2)c1=O. The molecule has 1 N–H and O–H groups in total. The van der Waals surface area contributed by atoms with Crippen molar-refractivity contribution in [3.05, 3.63) is 70.5 Å². The van der Waals surface area contributed by atoms with Crippen molar-refractivity contribution in [2.24, 2.45) is 11.8 Å². The molecule has 2 atom stereocenters. The third-order valence-corrected chi connectivity index (χ3v) is 7.64. The molecule has 8 nitrogen and oxygen atoms in total. The smallest absolute Gasteiger partial charge is 0.295 e. The topological polar surface area (TPSA) is 94.3 Å². The number of imidazole rings is 1. The van der Waals surface area contributed by atoms with Gasteiger partial charge in [-0.05, 0) is 48.4 Å². The van der Waals surface area contributed by atoms with Crippen LogP contribution in [0.25, 0.3) is 22.6 Å². The van der Waals surface area contributed by atoms with Crippen molar-refractivity contribution in [3.63, 3.8) is 0 Å². The minimum absolute atomic E-state index is 0.0952. The molecule has 4 aromatic rings. The van der Waals surface area contributed by atoms with Crippen molar-refractivity contribution < 1.29 is 0 Å². The largest absolute Gasteiger partial charge is 0.328 e. The lowest BCUT2D eigenvalue weighted by atomic mass is 9.74. The van der Waals surface area contributed by atoms with Crippen molar-refractivity contribution in [3.8, 4) is 22.6 Å².